The second-order valence-electron chi connectivity index (χ2n) is 4.25. The van der Waals surface area contributed by atoms with Gasteiger partial charge in [-0.15, -0.1) is 0 Å². The normalized spacial score (nSPS) is 37.5. The molecule has 0 aromatic heterocycles. The minimum atomic E-state index is 0.184. The van der Waals surface area contributed by atoms with Crippen LogP contribution in [0.3, 0.4) is 0 Å². The highest BCUT2D eigenvalue weighted by Crippen LogP contribution is 2.43. The van der Waals surface area contributed by atoms with Crippen LogP contribution in [0.25, 0.3) is 0 Å². The van der Waals surface area contributed by atoms with Crippen molar-refractivity contribution in [1.29, 1.82) is 0 Å². The lowest BCUT2D eigenvalue weighted by molar-refractivity contribution is 0.146. The summed E-state index contributed by atoms with van der Waals surface area (Å²) in [6.07, 6.45) is 3.49. The SMILES string of the molecule is C=C(C)[C@@H]1CC[C@@](C)(CO)C1. The van der Waals surface area contributed by atoms with E-state index in [1.54, 1.807) is 0 Å². The molecule has 0 aromatic carbocycles. The molecule has 2 atom stereocenters. The smallest absolute Gasteiger partial charge is 0.0484 e. The van der Waals surface area contributed by atoms with Crippen molar-refractivity contribution in [3.8, 4) is 0 Å². The number of aliphatic hydroxyl groups excluding tert-OH is 1. The summed E-state index contributed by atoms with van der Waals surface area (Å²) < 4.78 is 0. The second-order valence-corrected chi connectivity index (χ2v) is 4.25. The lowest BCUT2D eigenvalue weighted by Gasteiger charge is -2.20. The molecule has 1 fully saturated rings. The van der Waals surface area contributed by atoms with Crippen LogP contribution in [0.4, 0.5) is 0 Å². The van der Waals surface area contributed by atoms with Crippen LogP contribution in [0.2, 0.25) is 0 Å². The van der Waals surface area contributed by atoms with E-state index in [1.807, 2.05) is 0 Å². The highest BCUT2D eigenvalue weighted by Gasteiger charge is 2.34. The quantitative estimate of drug-likeness (QED) is 0.605. The molecule has 1 nitrogen and oxygen atoms in total. The third-order valence-electron chi connectivity index (χ3n) is 2.91. The molecular weight excluding hydrogens is 136 g/mol. The summed E-state index contributed by atoms with van der Waals surface area (Å²) in [5.41, 5.74) is 1.46. The largest absolute Gasteiger partial charge is 0.396 e. The van der Waals surface area contributed by atoms with Crippen LogP contribution in [0, 0.1) is 11.3 Å². The average Bonchev–Trinajstić information content (AvgIpc) is 2.33. The van der Waals surface area contributed by atoms with Gasteiger partial charge in [-0.25, -0.2) is 0 Å². The van der Waals surface area contributed by atoms with E-state index in [0.29, 0.717) is 12.5 Å². The third-order valence-corrected chi connectivity index (χ3v) is 2.91. The Morgan fingerprint density at radius 3 is 2.64 bits per heavy atom. The molecule has 11 heavy (non-hydrogen) atoms. The molecule has 0 unspecified atom stereocenters. The zero-order chi connectivity index (χ0) is 8.48. The third kappa shape index (κ3) is 1.84. The van der Waals surface area contributed by atoms with Crippen LogP contribution in [-0.4, -0.2) is 11.7 Å². The summed E-state index contributed by atoms with van der Waals surface area (Å²) in [5, 5.41) is 9.10. The van der Waals surface area contributed by atoms with Crippen LogP contribution in [0.1, 0.15) is 33.1 Å². The minimum Gasteiger partial charge on any atom is -0.396 e. The first-order valence-corrected chi connectivity index (χ1v) is 4.34. The van der Waals surface area contributed by atoms with E-state index in [0.717, 1.165) is 12.8 Å². The molecule has 64 valence electrons. The van der Waals surface area contributed by atoms with Gasteiger partial charge in [0.1, 0.15) is 0 Å². The van der Waals surface area contributed by atoms with Crippen LogP contribution >= 0.6 is 0 Å². The molecule has 0 heterocycles. The first kappa shape index (κ1) is 8.79. The maximum absolute atomic E-state index is 9.10. The van der Waals surface area contributed by atoms with Gasteiger partial charge in [0.05, 0.1) is 0 Å². The Morgan fingerprint density at radius 2 is 2.36 bits per heavy atom. The van der Waals surface area contributed by atoms with Gasteiger partial charge < -0.3 is 5.11 Å². The van der Waals surface area contributed by atoms with Gasteiger partial charge in [-0.2, -0.15) is 0 Å². The van der Waals surface area contributed by atoms with Crippen LogP contribution in [0.5, 0.6) is 0 Å². The standard InChI is InChI=1S/C10H18O/c1-8(2)9-4-5-10(3,6-9)7-11/h9,11H,1,4-7H2,2-3H3/t9-,10-/m1/s1. The van der Waals surface area contributed by atoms with Gasteiger partial charge in [0.25, 0.3) is 0 Å². The van der Waals surface area contributed by atoms with Crippen molar-refractivity contribution >= 4 is 0 Å². The fourth-order valence-corrected chi connectivity index (χ4v) is 1.89. The molecular formula is C10H18O. The van der Waals surface area contributed by atoms with E-state index >= 15 is 0 Å². The maximum Gasteiger partial charge on any atom is 0.0484 e. The van der Waals surface area contributed by atoms with E-state index in [9.17, 15) is 0 Å². The summed E-state index contributed by atoms with van der Waals surface area (Å²) >= 11 is 0. The van der Waals surface area contributed by atoms with Crippen molar-refractivity contribution in [3.05, 3.63) is 12.2 Å². The summed E-state index contributed by atoms with van der Waals surface area (Å²) in [4.78, 5) is 0. The van der Waals surface area contributed by atoms with E-state index < -0.39 is 0 Å². The van der Waals surface area contributed by atoms with Crippen LogP contribution in [-0.2, 0) is 0 Å². The molecule has 1 N–H and O–H groups in total. The molecule has 1 aliphatic carbocycles. The Hall–Kier alpha value is -0.300. The molecule has 0 aliphatic heterocycles. The number of aliphatic hydroxyl groups is 1. The van der Waals surface area contributed by atoms with Crippen molar-refractivity contribution in [2.75, 3.05) is 6.61 Å². The molecule has 1 saturated carbocycles. The van der Waals surface area contributed by atoms with Crippen molar-refractivity contribution in [1.82, 2.24) is 0 Å². The number of hydrogen-bond donors (Lipinski definition) is 1. The number of rotatable bonds is 2. The monoisotopic (exact) mass is 154 g/mol. The lowest BCUT2D eigenvalue weighted by Crippen LogP contribution is -2.16. The number of allylic oxidation sites excluding steroid dienone is 1. The Bertz CT molecular complexity index is 162. The van der Waals surface area contributed by atoms with E-state index in [2.05, 4.69) is 20.4 Å². The predicted octanol–water partition coefficient (Wildman–Crippen LogP) is 2.36. The fraction of sp³-hybridized carbons (Fsp3) is 0.800. The molecule has 0 aromatic rings. The van der Waals surface area contributed by atoms with Crippen molar-refractivity contribution in [2.45, 2.75) is 33.1 Å². The fourth-order valence-electron chi connectivity index (χ4n) is 1.89. The summed E-state index contributed by atoms with van der Waals surface area (Å²) in [6, 6.07) is 0. The van der Waals surface area contributed by atoms with Gasteiger partial charge in [-0.3, -0.25) is 0 Å². The molecule has 0 amide bonds. The summed E-state index contributed by atoms with van der Waals surface area (Å²) in [5.74, 6) is 0.659. The topological polar surface area (TPSA) is 20.2 Å². The Labute approximate surface area is 69.1 Å². The molecule has 0 spiro atoms. The molecule has 0 radical (unpaired) electrons. The van der Waals surface area contributed by atoms with Gasteiger partial charge in [0, 0.05) is 6.61 Å². The molecule has 1 heteroatoms. The van der Waals surface area contributed by atoms with Crippen LogP contribution < -0.4 is 0 Å². The first-order chi connectivity index (χ1) is 5.07. The van der Waals surface area contributed by atoms with E-state index in [1.165, 1.54) is 12.0 Å². The van der Waals surface area contributed by atoms with E-state index in [4.69, 9.17) is 5.11 Å². The summed E-state index contributed by atoms with van der Waals surface area (Å²) in [7, 11) is 0. The van der Waals surface area contributed by atoms with Crippen LogP contribution in [0.15, 0.2) is 12.2 Å². The minimum absolute atomic E-state index is 0.184. The zero-order valence-electron chi connectivity index (χ0n) is 7.56. The predicted molar refractivity (Wildman–Crippen MR) is 47.3 cm³/mol. The average molecular weight is 154 g/mol. The van der Waals surface area contributed by atoms with Gasteiger partial charge >= 0.3 is 0 Å². The lowest BCUT2D eigenvalue weighted by atomic mass is 9.88. The van der Waals surface area contributed by atoms with Gasteiger partial charge in [-0.05, 0) is 37.5 Å². The number of hydrogen-bond acceptors (Lipinski definition) is 1. The summed E-state index contributed by atoms with van der Waals surface area (Å²) in [6.45, 7) is 8.54. The van der Waals surface area contributed by atoms with Gasteiger partial charge in [-0.1, -0.05) is 19.1 Å². The maximum atomic E-state index is 9.10. The van der Waals surface area contributed by atoms with Gasteiger partial charge in [0.2, 0.25) is 0 Å². The zero-order valence-corrected chi connectivity index (χ0v) is 7.56. The Kier molecular flexibility index (Phi) is 2.38. The molecule has 1 rings (SSSR count). The highest BCUT2D eigenvalue weighted by molar-refractivity contribution is 5.02. The van der Waals surface area contributed by atoms with Gasteiger partial charge in [0.15, 0.2) is 0 Å². The second kappa shape index (κ2) is 2.98. The van der Waals surface area contributed by atoms with Crippen molar-refractivity contribution in [2.24, 2.45) is 11.3 Å². The Balaban J connectivity index is 2.53. The van der Waals surface area contributed by atoms with E-state index in [-0.39, 0.29) is 5.41 Å². The highest BCUT2D eigenvalue weighted by atomic mass is 16.3. The van der Waals surface area contributed by atoms with Crippen molar-refractivity contribution in [3.63, 3.8) is 0 Å². The van der Waals surface area contributed by atoms with Crippen molar-refractivity contribution < 1.29 is 5.11 Å². The molecule has 1 aliphatic rings. The molecule has 0 saturated heterocycles. The molecule has 0 bridgehead atoms. The Morgan fingerprint density at radius 1 is 1.73 bits per heavy atom. The first-order valence-electron chi connectivity index (χ1n) is 4.34.